The van der Waals surface area contributed by atoms with E-state index in [0.717, 1.165) is 25.7 Å². The largest absolute Gasteiger partial charge is 0.462 e. The Labute approximate surface area is 234 Å². The second-order valence-corrected chi connectivity index (χ2v) is 15.2. The van der Waals surface area contributed by atoms with Crippen LogP contribution in [0.25, 0.3) is 0 Å². The Morgan fingerprint density at radius 3 is 2.36 bits per heavy atom. The fourth-order valence-corrected chi connectivity index (χ4v) is 10.6. The summed E-state index contributed by atoms with van der Waals surface area (Å²) in [5.74, 6) is 1.02. The highest BCUT2D eigenvalue weighted by molar-refractivity contribution is 5.95. The fourth-order valence-electron chi connectivity index (χ4n) is 10.6. The maximum Gasteiger partial charge on any atom is 0.302 e. The standard InChI is InChI=1S/C33H48O6/c1-18(34)37-26-17-24-29(2,3)25(35)13-15-32(24,7)23-12-14-31(6)20(10-11-22(31)33(23,26)8)19-16-21(38-28(19)36-9)27-30(4,5)39-27/h11,13,15,19-21,23-24,26-28H,10,12,14,16-17H2,1-9H3. The molecule has 0 amide bonds. The molecule has 0 aromatic carbocycles. The summed E-state index contributed by atoms with van der Waals surface area (Å²) in [6.45, 7) is 17.1. The van der Waals surface area contributed by atoms with Gasteiger partial charge in [0.15, 0.2) is 12.1 Å². The van der Waals surface area contributed by atoms with Crippen molar-refractivity contribution in [2.45, 2.75) is 118 Å². The molecule has 6 aliphatic rings. The van der Waals surface area contributed by atoms with Gasteiger partial charge in [0, 0.05) is 30.8 Å². The first-order valence-electron chi connectivity index (χ1n) is 15.1. The van der Waals surface area contributed by atoms with E-state index < -0.39 is 5.41 Å². The average molecular weight is 541 g/mol. The minimum Gasteiger partial charge on any atom is -0.462 e. The van der Waals surface area contributed by atoms with Crippen molar-refractivity contribution < 1.29 is 28.5 Å². The van der Waals surface area contributed by atoms with Gasteiger partial charge in [-0.1, -0.05) is 52.3 Å². The number of allylic oxidation sites excluding steroid dienone is 3. The maximum absolute atomic E-state index is 13.0. The molecule has 0 radical (unpaired) electrons. The van der Waals surface area contributed by atoms with Crippen molar-refractivity contribution in [1.82, 2.24) is 0 Å². The summed E-state index contributed by atoms with van der Waals surface area (Å²) in [5, 5.41) is 0. The molecule has 0 aromatic rings. The quantitative estimate of drug-likeness (QED) is 0.246. The van der Waals surface area contributed by atoms with Crippen molar-refractivity contribution in [2.75, 3.05) is 7.11 Å². The molecule has 39 heavy (non-hydrogen) atoms. The van der Waals surface area contributed by atoms with Gasteiger partial charge in [0.1, 0.15) is 12.2 Å². The van der Waals surface area contributed by atoms with Crippen LogP contribution in [0.15, 0.2) is 23.8 Å². The Morgan fingerprint density at radius 1 is 1.05 bits per heavy atom. The lowest BCUT2D eigenvalue weighted by Gasteiger charge is -2.66. The van der Waals surface area contributed by atoms with Crippen LogP contribution in [0.1, 0.15) is 87.5 Å². The molecule has 6 heteroatoms. The van der Waals surface area contributed by atoms with Gasteiger partial charge in [-0.05, 0) is 80.6 Å². The molecule has 2 aliphatic heterocycles. The number of hydrogen-bond donors (Lipinski definition) is 0. The van der Waals surface area contributed by atoms with Crippen LogP contribution in [0, 0.1) is 45.3 Å². The van der Waals surface area contributed by atoms with E-state index >= 15 is 0 Å². The second kappa shape index (κ2) is 8.51. The van der Waals surface area contributed by atoms with E-state index in [2.05, 4.69) is 60.6 Å². The van der Waals surface area contributed by atoms with Crippen molar-refractivity contribution in [1.29, 1.82) is 0 Å². The lowest BCUT2D eigenvalue weighted by molar-refractivity contribution is -0.190. The Bertz CT molecular complexity index is 1140. The van der Waals surface area contributed by atoms with Gasteiger partial charge < -0.3 is 18.9 Å². The SMILES string of the molecule is COC1OC(C2OC2(C)C)CC1C1CC=C2C1(C)CCC1C3(C)C=CC(=O)C(C)(C)C3CC(OC(C)=O)C21C. The third-order valence-corrected chi connectivity index (χ3v) is 12.6. The zero-order valence-electron chi connectivity index (χ0n) is 25.3. The molecule has 0 spiro atoms. The predicted octanol–water partition coefficient (Wildman–Crippen LogP) is 6.03. The number of carbonyl (C=O) groups is 2. The molecule has 4 aliphatic carbocycles. The molecule has 0 N–H and O–H groups in total. The van der Waals surface area contributed by atoms with E-state index in [9.17, 15) is 9.59 Å². The van der Waals surface area contributed by atoms with E-state index in [-0.39, 0.29) is 76.0 Å². The summed E-state index contributed by atoms with van der Waals surface area (Å²) in [6, 6.07) is 0. The summed E-state index contributed by atoms with van der Waals surface area (Å²) in [4.78, 5) is 25.6. The number of methoxy groups -OCH3 is 1. The topological polar surface area (TPSA) is 74.4 Å². The monoisotopic (exact) mass is 540 g/mol. The van der Waals surface area contributed by atoms with E-state index in [4.69, 9.17) is 18.9 Å². The summed E-state index contributed by atoms with van der Waals surface area (Å²) < 4.78 is 24.6. The van der Waals surface area contributed by atoms with Crippen LogP contribution in [0.2, 0.25) is 0 Å². The number of ketones is 1. The Morgan fingerprint density at radius 2 is 1.74 bits per heavy atom. The third-order valence-electron chi connectivity index (χ3n) is 12.6. The van der Waals surface area contributed by atoms with Gasteiger partial charge in [-0.2, -0.15) is 0 Å². The Balaban J connectivity index is 1.37. The number of rotatable bonds is 4. The first kappa shape index (κ1) is 27.7. The highest BCUT2D eigenvalue weighted by Gasteiger charge is 2.69. The molecular weight excluding hydrogens is 492 g/mol. The number of hydrogen-bond acceptors (Lipinski definition) is 6. The van der Waals surface area contributed by atoms with E-state index in [1.165, 1.54) is 12.5 Å². The third kappa shape index (κ3) is 3.69. The van der Waals surface area contributed by atoms with E-state index in [1.54, 1.807) is 7.11 Å². The molecule has 2 saturated heterocycles. The van der Waals surface area contributed by atoms with Gasteiger partial charge in [0.05, 0.1) is 11.7 Å². The maximum atomic E-state index is 13.0. The first-order valence-corrected chi connectivity index (χ1v) is 15.1. The summed E-state index contributed by atoms with van der Waals surface area (Å²) in [7, 11) is 1.76. The van der Waals surface area contributed by atoms with Crippen molar-refractivity contribution in [2.24, 2.45) is 45.3 Å². The van der Waals surface area contributed by atoms with Crippen LogP contribution >= 0.6 is 0 Å². The van der Waals surface area contributed by atoms with Gasteiger partial charge >= 0.3 is 5.97 Å². The molecule has 2 saturated carbocycles. The minimum absolute atomic E-state index is 0.0316. The molecule has 11 atom stereocenters. The zero-order chi connectivity index (χ0) is 28.3. The number of fused-ring (bicyclic) bond motifs is 5. The van der Waals surface area contributed by atoms with E-state index in [0.29, 0.717) is 12.3 Å². The van der Waals surface area contributed by atoms with Crippen LogP contribution in [-0.4, -0.2) is 49.1 Å². The number of epoxide rings is 1. The van der Waals surface area contributed by atoms with Crippen LogP contribution in [0.4, 0.5) is 0 Å². The number of ether oxygens (including phenoxy) is 4. The zero-order valence-corrected chi connectivity index (χ0v) is 25.3. The second-order valence-electron chi connectivity index (χ2n) is 15.2. The summed E-state index contributed by atoms with van der Waals surface area (Å²) in [6.07, 6.45) is 11.0. The Hall–Kier alpha value is -1.50. The first-order chi connectivity index (χ1) is 18.1. The van der Waals surface area contributed by atoms with Gasteiger partial charge in [0.2, 0.25) is 0 Å². The summed E-state index contributed by atoms with van der Waals surface area (Å²) in [5.41, 5.74) is 0.358. The van der Waals surface area contributed by atoms with Crippen LogP contribution in [0.3, 0.4) is 0 Å². The molecular formula is C33H48O6. The Kier molecular flexibility index (Phi) is 6.04. The van der Waals surface area contributed by atoms with Crippen LogP contribution in [-0.2, 0) is 28.5 Å². The summed E-state index contributed by atoms with van der Waals surface area (Å²) >= 11 is 0. The molecule has 6 rings (SSSR count). The van der Waals surface area contributed by atoms with Crippen molar-refractivity contribution in [3.05, 3.63) is 23.8 Å². The van der Waals surface area contributed by atoms with Crippen LogP contribution < -0.4 is 0 Å². The average Bonchev–Trinajstić information content (AvgIpc) is 3.16. The lowest BCUT2D eigenvalue weighted by atomic mass is 9.38. The molecule has 4 fully saturated rings. The molecule has 11 unspecified atom stereocenters. The van der Waals surface area contributed by atoms with Gasteiger partial charge in [-0.25, -0.2) is 0 Å². The smallest absolute Gasteiger partial charge is 0.302 e. The van der Waals surface area contributed by atoms with Crippen molar-refractivity contribution in [3.63, 3.8) is 0 Å². The normalized spacial score (nSPS) is 51.0. The van der Waals surface area contributed by atoms with Crippen molar-refractivity contribution >= 4 is 11.8 Å². The van der Waals surface area contributed by atoms with E-state index in [1.807, 2.05) is 6.08 Å². The number of carbonyl (C=O) groups excluding carboxylic acids is 2. The van der Waals surface area contributed by atoms with Gasteiger partial charge in [0.25, 0.3) is 0 Å². The fraction of sp³-hybridized carbons (Fsp3) is 0.818. The van der Waals surface area contributed by atoms with Gasteiger partial charge in [-0.3, -0.25) is 9.59 Å². The van der Waals surface area contributed by atoms with Gasteiger partial charge in [-0.15, -0.1) is 0 Å². The van der Waals surface area contributed by atoms with Crippen LogP contribution in [0.5, 0.6) is 0 Å². The highest BCUT2D eigenvalue weighted by Crippen LogP contribution is 2.73. The minimum atomic E-state index is -0.489. The molecule has 2 heterocycles. The molecule has 0 aromatic heterocycles. The highest BCUT2D eigenvalue weighted by atomic mass is 16.7. The predicted molar refractivity (Wildman–Crippen MR) is 148 cm³/mol. The van der Waals surface area contributed by atoms with Crippen molar-refractivity contribution in [3.8, 4) is 0 Å². The lowest BCUT2D eigenvalue weighted by Crippen LogP contribution is -2.64. The number of esters is 1. The molecule has 216 valence electrons. The molecule has 0 bridgehead atoms. The molecule has 6 nitrogen and oxygen atoms in total.